The van der Waals surface area contributed by atoms with Gasteiger partial charge >= 0.3 is 0 Å². The van der Waals surface area contributed by atoms with Crippen LogP contribution in [0.4, 0.5) is 0 Å². The van der Waals surface area contributed by atoms with E-state index in [4.69, 9.17) is 0 Å². The van der Waals surface area contributed by atoms with Crippen LogP contribution in [0.25, 0.3) is 121 Å². The molecule has 0 aliphatic heterocycles. The quantitative estimate of drug-likeness (QED) is 0.128. The Morgan fingerprint density at radius 2 is 0.611 bits per heavy atom. The van der Waals surface area contributed by atoms with Crippen LogP contribution in [0.3, 0.4) is 0 Å². The topological polar surface area (TPSA) is 0 Å². The van der Waals surface area contributed by atoms with Crippen molar-refractivity contribution in [2.45, 2.75) is 0 Å². The van der Waals surface area contributed by atoms with E-state index in [1.165, 1.54) is 121 Å². The molecular weight excluding hydrogens is 649 g/mol. The minimum Gasteiger partial charge on any atom is -0.0622 e. The summed E-state index contributed by atoms with van der Waals surface area (Å²) in [6, 6.07) is 72.1. The molecule has 0 unspecified atom stereocenters. The second kappa shape index (κ2) is 11.2. The van der Waals surface area contributed by atoms with Crippen LogP contribution in [0, 0.1) is 0 Å². The fraction of sp³-hybridized carbons (Fsp3) is 0. The summed E-state index contributed by atoms with van der Waals surface area (Å²) in [6.07, 6.45) is 0. The molecule has 1 aliphatic rings. The molecule has 11 aromatic carbocycles. The largest absolute Gasteiger partial charge is 0.0622 e. The predicted octanol–water partition coefficient (Wildman–Crippen LogP) is 15.2. The predicted molar refractivity (Wildman–Crippen MR) is 231 cm³/mol. The van der Waals surface area contributed by atoms with Crippen LogP contribution < -0.4 is 0 Å². The fourth-order valence-corrected chi connectivity index (χ4v) is 9.82. The van der Waals surface area contributed by atoms with E-state index in [9.17, 15) is 0 Å². The van der Waals surface area contributed by atoms with E-state index in [0.29, 0.717) is 0 Å². The van der Waals surface area contributed by atoms with Gasteiger partial charge in [0.15, 0.2) is 0 Å². The molecule has 0 heteroatoms. The van der Waals surface area contributed by atoms with Crippen molar-refractivity contribution in [1.82, 2.24) is 0 Å². The first kappa shape index (κ1) is 29.5. The third-order valence-electron chi connectivity index (χ3n) is 12.0. The van der Waals surface area contributed by atoms with Crippen LogP contribution in [-0.2, 0) is 0 Å². The Hall–Kier alpha value is -7.02. The molecule has 248 valence electrons. The molecule has 0 spiro atoms. The van der Waals surface area contributed by atoms with Crippen molar-refractivity contribution in [2.75, 3.05) is 0 Å². The minimum atomic E-state index is 1.23. The Bertz CT molecular complexity index is 3280. The van der Waals surface area contributed by atoms with Gasteiger partial charge in [-0.15, -0.1) is 0 Å². The van der Waals surface area contributed by atoms with Gasteiger partial charge in [0.2, 0.25) is 0 Å². The zero-order valence-corrected chi connectivity index (χ0v) is 29.5. The number of hydrogen-bond donors (Lipinski definition) is 0. The smallest absolute Gasteiger partial charge is 0.000696 e. The van der Waals surface area contributed by atoms with Crippen LogP contribution in [0.15, 0.2) is 194 Å². The van der Waals surface area contributed by atoms with Crippen molar-refractivity contribution in [1.29, 1.82) is 0 Å². The molecule has 0 atom stereocenters. The molecule has 54 heavy (non-hydrogen) atoms. The zero-order valence-electron chi connectivity index (χ0n) is 29.5. The molecule has 0 heterocycles. The number of fused-ring (bicyclic) bond motifs is 6. The minimum absolute atomic E-state index is 1.23. The molecule has 0 bridgehead atoms. The van der Waals surface area contributed by atoms with E-state index in [0.717, 1.165) is 0 Å². The van der Waals surface area contributed by atoms with Crippen LogP contribution >= 0.6 is 0 Å². The van der Waals surface area contributed by atoms with Gasteiger partial charge < -0.3 is 0 Å². The van der Waals surface area contributed by atoms with Gasteiger partial charge in [-0.05, 0) is 121 Å². The number of rotatable bonds is 4. The number of hydrogen-bond acceptors (Lipinski definition) is 0. The second-order valence-electron chi connectivity index (χ2n) is 14.6. The van der Waals surface area contributed by atoms with Crippen molar-refractivity contribution >= 4 is 53.9 Å². The van der Waals surface area contributed by atoms with Crippen molar-refractivity contribution in [3.05, 3.63) is 194 Å². The molecular formula is C54H32. The maximum Gasteiger partial charge on any atom is -0.000696 e. The summed E-state index contributed by atoms with van der Waals surface area (Å²) in [5, 5.41) is 13.2. The fourth-order valence-electron chi connectivity index (χ4n) is 9.82. The van der Waals surface area contributed by atoms with Gasteiger partial charge in [0.05, 0.1) is 0 Å². The van der Waals surface area contributed by atoms with Crippen LogP contribution in [0.1, 0.15) is 0 Å². The van der Waals surface area contributed by atoms with Crippen LogP contribution in [-0.4, -0.2) is 0 Å². The third-order valence-corrected chi connectivity index (χ3v) is 12.0. The van der Waals surface area contributed by atoms with Gasteiger partial charge in [0.25, 0.3) is 0 Å². The lowest BCUT2D eigenvalue weighted by Gasteiger charge is -2.23. The lowest BCUT2D eigenvalue weighted by atomic mass is 9.79. The summed E-state index contributed by atoms with van der Waals surface area (Å²) < 4.78 is 0. The van der Waals surface area contributed by atoms with Crippen LogP contribution in [0.2, 0.25) is 0 Å². The third kappa shape index (κ3) is 3.97. The lowest BCUT2D eigenvalue weighted by molar-refractivity contribution is 1.60. The Morgan fingerprint density at radius 1 is 0.167 bits per heavy atom. The van der Waals surface area contributed by atoms with Crippen molar-refractivity contribution in [3.8, 4) is 66.8 Å². The van der Waals surface area contributed by atoms with Crippen molar-refractivity contribution in [2.24, 2.45) is 0 Å². The molecule has 0 amide bonds. The van der Waals surface area contributed by atoms with E-state index < -0.39 is 0 Å². The van der Waals surface area contributed by atoms with E-state index >= 15 is 0 Å². The van der Waals surface area contributed by atoms with Gasteiger partial charge in [-0.25, -0.2) is 0 Å². The maximum atomic E-state index is 2.41. The SMILES string of the molecule is c1ccc(-c2ccccc2-c2c3c(c4c5ccc(-c6ccccc6)c6cccc(c7cccc2c74)c65)-c2cccc4c(-c5ccccc5)ccc-3c24)cc1. The average molecular weight is 681 g/mol. The second-order valence-corrected chi connectivity index (χ2v) is 14.6. The standard InChI is InChI=1S/C54H32/c1-4-15-33(16-5-1)36-21-10-11-22-41(36)50-45-28-14-26-43-42-25-12-23-39-37(34-17-6-2-7-18-34)29-31-46(48(39)42)52(51(43)45)54-44-27-13-24-40-38(35-19-8-3-9-20-35)30-32-47(49(40)44)53(50)54/h1-32H. The first-order valence-electron chi connectivity index (χ1n) is 18.9. The maximum absolute atomic E-state index is 2.41. The Balaban J connectivity index is 1.31. The molecule has 0 saturated carbocycles. The van der Waals surface area contributed by atoms with Crippen molar-refractivity contribution in [3.63, 3.8) is 0 Å². The summed E-state index contributed by atoms with van der Waals surface area (Å²) in [5.74, 6) is 0. The number of benzene rings is 11. The summed E-state index contributed by atoms with van der Waals surface area (Å²) in [7, 11) is 0. The normalized spacial score (nSPS) is 12.1. The molecule has 0 aromatic heterocycles. The summed E-state index contributed by atoms with van der Waals surface area (Å²) in [6.45, 7) is 0. The molecule has 12 rings (SSSR count). The van der Waals surface area contributed by atoms with E-state index in [-0.39, 0.29) is 0 Å². The van der Waals surface area contributed by atoms with Gasteiger partial charge in [0.1, 0.15) is 0 Å². The van der Waals surface area contributed by atoms with Crippen LogP contribution in [0.5, 0.6) is 0 Å². The van der Waals surface area contributed by atoms with Gasteiger partial charge in [-0.3, -0.25) is 0 Å². The Morgan fingerprint density at radius 3 is 1.28 bits per heavy atom. The molecule has 0 fully saturated rings. The van der Waals surface area contributed by atoms with Gasteiger partial charge in [-0.2, -0.15) is 0 Å². The van der Waals surface area contributed by atoms with Gasteiger partial charge in [0, 0.05) is 0 Å². The molecule has 0 saturated heterocycles. The Labute approximate surface area is 313 Å². The van der Waals surface area contributed by atoms with E-state index in [1.807, 2.05) is 0 Å². The zero-order chi connectivity index (χ0) is 35.3. The van der Waals surface area contributed by atoms with Gasteiger partial charge in [-0.1, -0.05) is 194 Å². The summed E-state index contributed by atoms with van der Waals surface area (Å²) in [4.78, 5) is 0. The lowest BCUT2D eigenvalue weighted by Crippen LogP contribution is -1.96. The Kier molecular flexibility index (Phi) is 6.15. The highest BCUT2D eigenvalue weighted by molar-refractivity contribution is 6.42. The summed E-state index contributed by atoms with van der Waals surface area (Å²) in [5.41, 5.74) is 15.4. The monoisotopic (exact) mass is 680 g/mol. The van der Waals surface area contributed by atoms with Crippen molar-refractivity contribution < 1.29 is 0 Å². The summed E-state index contributed by atoms with van der Waals surface area (Å²) >= 11 is 0. The first-order valence-corrected chi connectivity index (χ1v) is 18.9. The highest BCUT2D eigenvalue weighted by atomic mass is 14.3. The molecule has 0 radical (unpaired) electrons. The molecule has 0 N–H and O–H groups in total. The van der Waals surface area contributed by atoms with E-state index in [1.54, 1.807) is 0 Å². The molecule has 0 nitrogen and oxygen atoms in total. The first-order chi connectivity index (χ1) is 26.8. The average Bonchev–Trinajstić information content (AvgIpc) is 3.58. The highest BCUT2D eigenvalue weighted by Gasteiger charge is 2.32. The van der Waals surface area contributed by atoms with E-state index in [2.05, 4.69) is 194 Å². The molecule has 1 aliphatic carbocycles. The highest BCUT2D eigenvalue weighted by Crippen LogP contribution is 2.60. The molecule has 11 aromatic rings.